The van der Waals surface area contributed by atoms with Crippen molar-refractivity contribution in [2.24, 2.45) is 11.8 Å². The second-order valence-corrected chi connectivity index (χ2v) is 3.28. The summed E-state index contributed by atoms with van der Waals surface area (Å²) in [4.78, 5) is 0. The maximum Gasteiger partial charge on any atom is -0.0196 e. The summed E-state index contributed by atoms with van der Waals surface area (Å²) in [5.74, 6) is 1.93. The molecular weight excluding hydrogens is 108 g/mol. The zero-order chi connectivity index (χ0) is 6.10. The van der Waals surface area contributed by atoms with Crippen LogP contribution in [-0.2, 0) is 0 Å². The molecular formula is C9H13. The molecule has 1 radical (unpaired) electrons. The Bertz CT molecular complexity index is 124. The van der Waals surface area contributed by atoms with Crippen molar-refractivity contribution in [1.82, 2.24) is 0 Å². The van der Waals surface area contributed by atoms with Crippen molar-refractivity contribution in [3.05, 3.63) is 12.2 Å². The van der Waals surface area contributed by atoms with Gasteiger partial charge in [0, 0.05) is 0 Å². The Morgan fingerprint density at radius 1 is 1.22 bits per heavy atom. The minimum absolute atomic E-state index is 0.929. The van der Waals surface area contributed by atoms with Crippen LogP contribution in [0, 0.1) is 17.9 Å². The smallest absolute Gasteiger partial charge is 0.0196 e. The van der Waals surface area contributed by atoms with Crippen LogP contribution >= 0.6 is 0 Å². The highest BCUT2D eigenvalue weighted by atomic mass is 14.3. The molecule has 9 heavy (non-hydrogen) atoms. The van der Waals surface area contributed by atoms with Gasteiger partial charge < -0.3 is 0 Å². The lowest BCUT2D eigenvalue weighted by Crippen LogP contribution is -2.12. The quantitative estimate of drug-likeness (QED) is 0.462. The van der Waals surface area contributed by atoms with E-state index in [1.54, 1.807) is 0 Å². The molecule has 0 heteroatoms. The normalized spacial score (nSPS) is 40.9. The van der Waals surface area contributed by atoms with E-state index in [0.717, 1.165) is 11.8 Å². The van der Waals surface area contributed by atoms with Gasteiger partial charge in [-0.2, -0.15) is 0 Å². The Labute approximate surface area is 57.0 Å². The van der Waals surface area contributed by atoms with E-state index in [9.17, 15) is 0 Å². The lowest BCUT2D eigenvalue weighted by Gasteiger charge is -2.23. The standard InChI is InChI=1S/C9H13/c1-2-5-9-7-3-6-8(9)4-1/h6,8-9H,1-2,4-5,7H2. The number of fused-ring (bicyclic) bond motifs is 1. The Morgan fingerprint density at radius 2 is 2.11 bits per heavy atom. The molecule has 1 fully saturated rings. The zero-order valence-electron chi connectivity index (χ0n) is 5.77. The highest BCUT2D eigenvalue weighted by Crippen LogP contribution is 2.36. The topological polar surface area (TPSA) is 0 Å². The van der Waals surface area contributed by atoms with Gasteiger partial charge in [-0.1, -0.05) is 18.9 Å². The van der Waals surface area contributed by atoms with Crippen molar-refractivity contribution in [1.29, 1.82) is 0 Å². The second-order valence-electron chi connectivity index (χ2n) is 3.28. The zero-order valence-corrected chi connectivity index (χ0v) is 5.77. The molecule has 0 heterocycles. The first-order valence-corrected chi connectivity index (χ1v) is 4.03. The van der Waals surface area contributed by atoms with Crippen molar-refractivity contribution in [2.45, 2.75) is 32.1 Å². The molecule has 0 aliphatic heterocycles. The lowest BCUT2D eigenvalue weighted by atomic mass is 9.82. The van der Waals surface area contributed by atoms with Gasteiger partial charge in [0.2, 0.25) is 0 Å². The summed E-state index contributed by atoms with van der Waals surface area (Å²) >= 11 is 0. The SMILES string of the molecule is [C]1=CC2CCCCC2C1. The number of rotatable bonds is 0. The van der Waals surface area contributed by atoms with Crippen LogP contribution in [0.1, 0.15) is 32.1 Å². The average molecular weight is 121 g/mol. The summed E-state index contributed by atoms with van der Waals surface area (Å²) in [6.07, 6.45) is 12.7. The third-order valence-electron chi connectivity index (χ3n) is 2.68. The first-order valence-electron chi connectivity index (χ1n) is 4.03. The predicted octanol–water partition coefficient (Wildman–Crippen LogP) is 2.56. The molecule has 2 atom stereocenters. The van der Waals surface area contributed by atoms with E-state index in [1.807, 2.05) is 0 Å². The van der Waals surface area contributed by atoms with Crippen LogP contribution < -0.4 is 0 Å². The van der Waals surface area contributed by atoms with Gasteiger partial charge in [-0.3, -0.25) is 0 Å². The lowest BCUT2D eigenvalue weighted by molar-refractivity contribution is 0.303. The van der Waals surface area contributed by atoms with Crippen molar-refractivity contribution >= 4 is 0 Å². The molecule has 0 saturated heterocycles. The molecule has 2 aliphatic carbocycles. The van der Waals surface area contributed by atoms with E-state index < -0.39 is 0 Å². The predicted molar refractivity (Wildman–Crippen MR) is 37.9 cm³/mol. The summed E-state index contributed by atoms with van der Waals surface area (Å²) in [6, 6.07) is 0. The summed E-state index contributed by atoms with van der Waals surface area (Å²) in [5, 5.41) is 0. The van der Waals surface area contributed by atoms with Gasteiger partial charge in [-0.15, -0.1) is 0 Å². The first-order chi connectivity index (χ1) is 4.47. The van der Waals surface area contributed by atoms with Crippen LogP contribution in [-0.4, -0.2) is 0 Å². The molecule has 2 rings (SSSR count). The summed E-state index contributed by atoms with van der Waals surface area (Å²) in [7, 11) is 0. The van der Waals surface area contributed by atoms with Gasteiger partial charge >= 0.3 is 0 Å². The van der Waals surface area contributed by atoms with Gasteiger partial charge in [-0.05, 0) is 37.2 Å². The van der Waals surface area contributed by atoms with Gasteiger partial charge in [-0.25, -0.2) is 0 Å². The van der Waals surface area contributed by atoms with E-state index in [0.29, 0.717) is 0 Å². The second kappa shape index (κ2) is 2.17. The third-order valence-corrected chi connectivity index (χ3v) is 2.68. The minimum Gasteiger partial charge on any atom is -0.0776 e. The number of allylic oxidation sites excluding steroid dienone is 2. The van der Waals surface area contributed by atoms with Crippen LogP contribution in [0.25, 0.3) is 0 Å². The average Bonchev–Trinajstić information content (AvgIpc) is 2.33. The fourth-order valence-electron chi connectivity index (χ4n) is 2.08. The molecule has 0 N–H and O–H groups in total. The highest BCUT2D eigenvalue weighted by molar-refractivity contribution is 4.97. The summed E-state index contributed by atoms with van der Waals surface area (Å²) < 4.78 is 0. The molecule has 0 amide bonds. The molecule has 0 spiro atoms. The molecule has 1 saturated carbocycles. The van der Waals surface area contributed by atoms with E-state index in [-0.39, 0.29) is 0 Å². The van der Waals surface area contributed by atoms with Gasteiger partial charge in [0.05, 0.1) is 0 Å². The minimum atomic E-state index is 0.929. The monoisotopic (exact) mass is 121 g/mol. The molecule has 2 unspecified atom stereocenters. The maximum atomic E-state index is 3.34. The van der Waals surface area contributed by atoms with Gasteiger partial charge in [0.15, 0.2) is 0 Å². The Morgan fingerprint density at radius 3 is 3.00 bits per heavy atom. The fraction of sp³-hybridized carbons (Fsp3) is 0.778. The third kappa shape index (κ3) is 0.910. The van der Waals surface area contributed by atoms with Crippen molar-refractivity contribution in [3.8, 4) is 0 Å². The Balaban J connectivity index is 2.03. The maximum absolute atomic E-state index is 3.34. The largest absolute Gasteiger partial charge is 0.0776 e. The van der Waals surface area contributed by atoms with Crippen LogP contribution in [0.15, 0.2) is 6.08 Å². The van der Waals surface area contributed by atoms with E-state index >= 15 is 0 Å². The molecule has 0 aromatic heterocycles. The van der Waals surface area contributed by atoms with Crippen molar-refractivity contribution in [3.63, 3.8) is 0 Å². The van der Waals surface area contributed by atoms with Crippen molar-refractivity contribution in [2.75, 3.05) is 0 Å². The molecule has 0 aromatic rings. The van der Waals surface area contributed by atoms with Crippen LogP contribution in [0.5, 0.6) is 0 Å². The number of hydrogen-bond donors (Lipinski definition) is 0. The molecule has 0 bridgehead atoms. The Kier molecular flexibility index (Phi) is 1.33. The first kappa shape index (κ1) is 5.52. The van der Waals surface area contributed by atoms with Crippen LogP contribution in [0.3, 0.4) is 0 Å². The van der Waals surface area contributed by atoms with Crippen LogP contribution in [0.2, 0.25) is 0 Å². The van der Waals surface area contributed by atoms with E-state index in [4.69, 9.17) is 0 Å². The molecule has 0 aromatic carbocycles. The van der Waals surface area contributed by atoms with E-state index in [2.05, 4.69) is 12.2 Å². The van der Waals surface area contributed by atoms with Gasteiger partial charge in [0.25, 0.3) is 0 Å². The highest BCUT2D eigenvalue weighted by Gasteiger charge is 2.25. The summed E-state index contributed by atoms with van der Waals surface area (Å²) in [6.45, 7) is 0. The molecule has 0 nitrogen and oxygen atoms in total. The fourth-order valence-corrected chi connectivity index (χ4v) is 2.08. The van der Waals surface area contributed by atoms with E-state index in [1.165, 1.54) is 32.1 Å². The number of hydrogen-bond acceptors (Lipinski definition) is 0. The molecule has 2 aliphatic rings. The van der Waals surface area contributed by atoms with Crippen molar-refractivity contribution < 1.29 is 0 Å². The Hall–Kier alpha value is -0.260. The van der Waals surface area contributed by atoms with Crippen LogP contribution in [0.4, 0.5) is 0 Å². The summed E-state index contributed by atoms with van der Waals surface area (Å²) in [5.41, 5.74) is 0. The molecule has 49 valence electrons. The van der Waals surface area contributed by atoms with Gasteiger partial charge in [0.1, 0.15) is 0 Å².